The number of rotatable bonds is 7. The smallest absolute Gasteiger partial charge is 0.233 e. The molecule has 1 aliphatic rings. The topological polar surface area (TPSA) is 56.7 Å². The van der Waals surface area contributed by atoms with Gasteiger partial charge < -0.3 is 10.0 Å². The summed E-state index contributed by atoms with van der Waals surface area (Å²) in [5, 5.41) is 11.8. The third kappa shape index (κ3) is 5.01. The Balaban J connectivity index is 1.44. The van der Waals surface area contributed by atoms with Crippen LogP contribution in [0.5, 0.6) is 0 Å². The molecule has 1 saturated heterocycles. The van der Waals surface area contributed by atoms with Gasteiger partial charge in [-0.15, -0.1) is 0 Å². The van der Waals surface area contributed by atoms with E-state index in [-0.39, 0.29) is 18.1 Å². The Hall–Kier alpha value is -2.41. The van der Waals surface area contributed by atoms with Gasteiger partial charge in [-0.25, -0.2) is 4.98 Å². The van der Waals surface area contributed by atoms with E-state index in [2.05, 4.69) is 22.0 Å². The molecule has 1 N–H and O–H groups in total. The number of aliphatic hydroxyl groups excluding tert-OH is 1. The quantitative estimate of drug-likeness (QED) is 0.591. The van der Waals surface area contributed by atoms with Crippen LogP contribution in [0.15, 0.2) is 71.8 Å². The number of nitrogens with zero attached hydrogens (tertiary/aromatic N) is 3. The number of carbonyl (C=O) groups excluding carboxylic acids is 1. The van der Waals surface area contributed by atoms with Gasteiger partial charge in [-0.3, -0.25) is 9.69 Å². The van der Waals surface area contributed by atoms with Crippen LogP contribution >= 0.6 is 11.8 Å². The van der Waals surface area contributed by atoms with E-state index >= 15 is 0 Å². The predicted molar refractivity (Wildman–Crippen MR) is 121 cm³/mol. The number of fused-ring (bicyclic) bond motifs is 1. The first-order chi connectivity index (χ1) is 14.6. The van der Waals surface area contributed by atoms with Crippen molar-refractivity contribution in [2.75, 3.05) is 32.4 Å². The number of aromatic nitrogens is 1. The molecule has 1 aromatic heterocycles. The number of amides is 1. The molecule has 6 heteroatoms. The zero-order chi connectivity index (χ0) is 20.9. The second-order valence-corrected chi connectivity index (χ2v) is 8.76. The van der Waals surface area contributed by atoms with E-state index in [0.29, 0.717) is 12.3 Å². The SMILES string of the molecule is CN(C(=O)CSc1ccc2ccccc2n1)C(CN1CCC(O)C1)c1ccccc1. The summed E-state index contributed by atoms with van der Waals surface area (Å²) in [5.41, 5.74) is 2.06. The number of β-amino-alcohol motifs (C(OH)–C–C–N with tert-alkyl or cyclic N) is 1. The monoisotopic (exact) mass is 421 g/mol. The van der Waals surface area contributed by atoms with Gasteiger partial charge >= 0.3 is 0 Å². The molecule has 0 bridgehead atoms. The maximum absolute atomic E-state index is 13.0. The lowest BCUT2D eigenvalue weighted by Crippen LogP contribution is -2.39. The molecule has 156 valence electrons. The van der Waals surface area contributed by atoms with E-state index < -0.39 is 0 Å². The lowest BCUT2D eigenvalue weighted by atomic mass is 10.1. The first-order valence-electron chi connectivity index (χ1n) is 10.3. The molecule has 0 radical (unpaired) electrons. The van der Waals surface area contributed by atoms with Crippen molar-refractivity contribution in [1.29, 1.82) is 0 Å². The largest absolute Gasteiger partial charge is 0.392 e. The first kappa shape index (κ1) is 20.8. The lowest BCUT2D eigenvalue weighted by molar-refractivity contribution is -0.129. The van der Waals surface area contributed by atoms with E-state index in [0.717, 1.165) is 41.0 Å². The molecule has 3 aromatic rings. The van der Waals surface area contributed by atoms with Gasteiger partial charge in [-0.05, 0) is 24.1 Å². The zero-order valence-corrected chi connectivity index (χ0v) is 18.0. The number of benzene rings is 2. The standard InChI is InChI=1S/C24H27N3O2S/c1-26(22(19-8-3-2-4-9-19)16-27-14-13-20(28)15-27)24(29)17-30-23-12-11-18-7-5-6-10-21(18)25-23/h2-12,20,22,28H,13-17H2,1H3. The van der Waals surface area contributed by atoms with Crippen molar-refractivity contribution in [3.63, 3.8) is 0 Å². The summed E-state index contributed by atoms with van der Waals surface area (Å²) in [6, 6.07) is 22.1. The van der Waals surface area contributed by atoms with Gasteiger partial charge in [-0.1, -0.05) is 66.4 Å². The second-order valence-electron chi connectivity index (χ2n) is 7.76. The minimum Gasteiger partial charge on any atom is -0.392 e. The average Bonchev–Trinajstić information content (AvgIpc) is 3.20. The number of aliphatic hydroxyl groups is 1. The summed E-state index contributed by atoms with van der Waals surface area (Å²) in [4.78, 5) is 21.8. The van der Waals surface area contributed by atoms with Crippen molar-refractivity contribution in [3.8, 4) is 0 Å². The average molecular weight is 422 g/mol. The summed E-state index contributed by atoms with van der Waals surface area (Å²) < 4.78 is 0. The van der Waals surface area contributed by atoms with Crippen LogP contribution in [-0.2, 0) is 4.79 Å². The number of para-hydroxylation sites is 1. The van der Waals surface area contributed by atoms with Crippen LogP contribution in [0, 0.1) is 0 Å². The zero-order valence-electron chi connectivity index (χ0n) is 17.1. The highest BCUT2D eigenvalue weighted by molar-refractivity contribution is 7.99. The molecular weight excluding hydrogens is 394 g/mol. The van der Waals surface area contributed by atoms with Gasteiger partial charge in [0.15, 0.2) is 0 Å². The normalized spacial score (nSPS) is 17.9. The van der Waals surface area contributed by atoms with Crippen LogP contribution in [0.3, 0.4) is 0 Å². The highest BCUT2D eigenvalue weighted by Crippen LogP contribution is 2.25. The van der Waals surface area contributed by atoms with Crippen LogP contribution in [0.4, 0.5) is 0 Å². The van der Waals surface area contributed by atoms with Gasteiger partial charge in [0.2, 0.25) is 5.91 Å². The minimum atomic E-state index is -0.267. The van der Waals surface area contributed by atoms with Crippen molar-refractivity contribution in [1.82, 2.24) is 14.8 Å². The molecule has 5 nitrogen and oxygen atoms in total. The number of carbonyl (C=O) groups is 1. The highest BCUT2D eigenvalue weighted by Gasteiger charge is 2.28. The van der Waals surface area contributed by atoms with Crippen molar-refractivity contribution in [2.24, 2.45) is 0 Å². The summed E-state index contributed by atoms with van der Waals surface area (Å²) in [6.07, 6.45) is 0.528. The first-order valence-corrected chi connectivity index (χ1v) is 11.3. The Bertz CT molecular complexity index is 998. The minimum absolute atomic E-state index is 0.0471. The summed E-state index contributed by atoms with van der Waals surface area (Å²) in [6.45, 7) is 2.26. The predicted octanol–water partition coefficient (Wildman–Crippen LogP) is 3.59. The Morgan fingerprint density at radius 1 is 1.17 bits per heavy atom. The Kier molecular flexibility index (Phi) is 6.67. The molecule has 1 fully saturated rings. The van der Waals surface area contributed by atoms with E-state index in [9.17, 15) is 9.90 Å². The molecule has 0 aliphatic carbocycles. The number of hydrogen-bond acceptors (Lipinski definition) is 5. The van der Waals surface area contributed by atoms with Gasteiger partial charge in [-0.2, -0.15) is 0 Å². The molecule has 0 saturated carbocycles. The van der Waals surface area contributed by atoms with Crippen LogP contribution in [0.1, 0.15) is 18.0 Å². The maximum atomic E-state index is 13.0. The molecule has 30 heavy (non-hydrogen) atoms. The number of thioether (sulfide) groups is 1. The van der Waals surface area contributed by atoms with E-state index in [4.69, 9.17) is 0 Å². The number of likely N-dealkylation sites (tertiary alicyclic amines) is 1. The second kappa shape index (κ2) is 9.60. The Morgan fingerprint density at radius 3 is 2.70 bits per heavy atom. The summed E-state index contributed by atoms with van der Waals surface area (Å²) >= 11 is 1.47. The molecule has 2 atom stereocenters. The van der Waals surface area contributed by atoms with Crippen LogP contribution < -0.4 is 0 Å². The fourth-order valence-electron chi connectivity index (χ4n) is 3.89. The summed E-state index contributed by atoms with van der Waals surface area (Å²) in [5.74, 6) is 0.414. The van der Waals surface area contributed by atoms with E-state index in [1.807, 2.05) is 66.5 Å². The molecule has 1 aliphatic heterocycles. The van der Waals surface area contributed by atoms with Crippen molar-refractivity contribution < 1.29 is 9.90 Å². The number of hydrogen-bond donors (Lipinski definition) is 1. The van der Waals surface area contributed by atoms with Gasteiger partial charge in [0.05, 0.1) is 28.4 Å². The van der Waals surface area contributed by atoms with Crippen LogP contribution in [-0.4, -0.2) is 64.3 Å². The fraction of sp³-hybridized carbons (Fsp3) is 0.333. The lowest BCUT2D eigenvalue weighted by Gasteiger charge is -2.32. The van der Waals surface area contributed by atoms with E-state index in [1.54, 1.807) is 0 Å². The Morgan fingerprint density at radius 2 is 1.93 bits per heavy atom. The van der Waals surface area contributed by atoms with Gasteiger partial charge in [0.1, 0.15) is 0 Å². The van der Waals surface area contributed by atoms with Gasteiger partial charge in [0.25, 0.3) is 0 Å². The molecule has 2 aromatic carbocycles. The van der Waals surface area contributed by atoms with Gasteiger partial charge in [0, 0.05) is 32.1 Å². The van der Waals surface area contributed by atoms with E-state index in [1.165, 1.54) is 11.8 Å². The number of pyridine rings is 1. The third-order valence-electron chi connectivity index (χ3n) is 5.64. The third-order valence-corrected chi connectivity index (χ3v) is 6.55. The molecule has 2 heterocycles. The Labute approximate surface area is 181 Å². The number of likely N-dealkylation sites (N-methyl/N-ethyl adjacent to an activating group) is 1. The van der Waals surface area contributed by atoms with Crippen molar-refractivity contribution in [2.45, 2.75) is 23.6 Å². The molecule has 0 spiro atoms. The fourth-order valence-corrected chi connectivity index (χ4v) is 4.69. The highest BCUT2D eigenvalue weighted by atomic mass is 32.2. The maximum Gasteiger partial charge on any atom is 0.233 e. The van der Waals surface area contributed by atoms with Crippen LogP contribution in [0.2, 0.25) is 0 Å². The molecule has 1 amide bonds. The van der Waals surface area contributed by atoms with Crippen molar-refractivity contribution in [3.05, 3.63) is 72.3 Å². The molecule has 4 rings (SSSR count). The molecular formula is C24H27N3O2S. The van der Waals surface area contributed by atoms with Crippen LogP contribution in [0.25, 0.3) is 10.9 Å². The van der Waals surface area contributed by atoms with Crippen molar-refractivity contribution >= 4 is 28.6 Å². The summed E-state index contributed by atoms with van der Waals surface area (Å²) in [7, 11) is 1.88. The molecule has 2 unspecified atom stereocenters.